The van der Waals surface area contributed by atoms with E-state index < -0.39 is 11.8 Å². The van der Waals surface area contributed by atoms with E-state index in [0.29, 0.717) is 29.0 Å². The maximum absolute atomic E-state index is 13.6. The second-order valence-corrected chi connectivity index (χ2v) is 8.12. The van der Waals surface area contributed by atoms with Crippen molar-refractivity contribution in [3.05, 3.63) is 18.1 Å². The summed E-state index contributed by atoms with van der Waals surface area (Å²) in [6.07, 6.45) is 4.71. The van der Waals surface area contributed by atoms with Crippen LogP contribution < -0.4 is 5.32 Å². The molecule has 2 N–H and O–H groups in total. The molecule has 2 aromatic heterocycles. The number of aromatic amines is 1. The van der Waals surface area contributed by atoms with Crippen LogP contribution in [-0.4, -0.2) is 50.3 Å². The number of rotatable bonds is 4. The van der Waals surface area contributed by atoms with Crippen molar-refractivity contribution < 1.29 is 13.6 Å². The zero-order chi connectivity index (χ0) is 21.3. The van der Waals surface area contributed by atoms with Crippen molar-refractivity contribution in [1.82, 2.24) is 19.9 Å². The van der Waals surface area contributed by atoms with E-state index in [4.69, 9.17) is 0 Å². The van der Waals surface area contributed by atoms with Gasteiger partial charge in [0, 0.05) is 37.2 Å². The number of fused-ring (bicyclic) bond motifs is 1. The van der Waals surface area contributed by atoms with Crippen molar-refractivity contribution >= 4 is 22.8 Å². The summed E-state index contributed by atoms with van der Waals surface area (Å²) in [5, 5.41) is 4.03. The van der Waals surface area contributed by atoms with Crippen LogP contribution in [-0.2, 0) is 4.79 Å². The van der Waals surface area contributed by atoms with Gasteiger partial charge in [-0.3, -0.25) is 4.79 Å². The van der Waals surface area contributed by atoms with E-state index in [2.05, 4.69) is 27.2 Å². The summed E-state index contributed by atoms with van der Waals surface area (Å²) in [5.74, 6) is -2.77. The highest BCUT2D eigenvalue weighted by atomic mass is 19.3. The zero-order valence-electron chi connectivity index (χ0n) is 17.8. The minimum Gasteiger partial charge on any atom is -0.365 e. The lowest BCUT2D eigenvalue weighted by molar-refractivity contribution is -0.137. The molecule has 0 bridgehead atoms. The van der Waals surface area contributed by atoms with Gasteiger partial charge in [-0.2, -0.15) is 0 Å². The summed E-state index contributed by atoms with van der Waals surface area (Å²) in [6.45, 7) is 10.5. The minimum absolute atomic E-state index is 0.0319. The molecule has 1 amide bonds. The molecule has 29 heavy (non-hydrogen) atoms. The van der Waals surface area contributed by atoms with Crippen LogP contribution >= 0.6 is 0 Å². The molecule has 2 fully saturated rings. The van der Waals surface area contributed by atoms with Crippen molar-refractivity contribution in [2.45, 2.75) is 77.8 Å². The van der Waals surface area contributed by atoms with E-state index >= 15 is 0 Å². The Morgan fingerprint density at radius 3 is 2.62 bits per heavy atom. The van der Waals surface area contributed by atoms with Gasteiger partial charge in [-0.1, -0.05) is 27.7 Å². The Hall–Kier alpha value is -2.25. The first-order chi connectivity index (χ1) is 13.8. The molecule has 0 unspecified atom stereocenters. The Morgan fingerprint density at radius 2 is 2.00 bits per heavy atom. The van der Waals surface area contributed by atoms with Crippen LogP contribution in [0.2, 0.25) is 0 Å². The van der Waals surface area contributed by atoms with Gasteiger partial charge in [0.1, 0.15) is 17.8 Å². The fourth-order valence-corrected chi connectivity index (χ4v) is 3.98. The number of carbonyl (C=O) groups is 1. The number of halogens is 2. The highest BCUT2D eigenvalue weighted by molar-refractivity contribution is 5.91. The highest BCUT2D eigenvalue weighted by Crippen LogP contribution is 2.57. The summed E-state index contributed by atoms with van der Waals surface area (Å²) < 4.78 is 27.2. The van der Waals surface area contributed by atoms with Gasteiger partial charge in [0.05, 0.1) is 11.3 Å². The molecule has 8 heteroatoms. The summed E-state index contributed by atoms with van der Waals surface area (Å²) >= 11 is 0. The van der Waals surface area contributed by atoms with Gasteiger partial charge >= 0.3 is 0 Å². The minimum atomic E-state index is -2.65. The van der Waals surface area contributed by atoms with Crippen LogP contribution in [0.25, 0.3) is 11.0 Å². The molecule has 2 aliphatic rings. The van der Waals surface area contributed by atoms with Crippen LogP contribution in [0.3, 0.4) is 0 Å². The third kappa shape index (κ3) is 4.21. The summed E-state index contributed by atoms with van der Waals surface area (Å²) in [5.41, 5.74) is 1.13. The Morgan fingerprint density at radius 1 is 1.31 bits per heavy atom. The Bertz CT molecular complexity index is 866. The van der Waals surface area contributed by atoms with Crippen molar-refractivity contribution in [3.8, 4) is 0 Å². The van der Waals surface area contributed by atoms with Crippen molar-refractivity contribution in [2.75, 3.05) is 11.9 Å². The third-order valence-electron chi connectivity index (χ3n) is 5.70. The molecule has 4 rings (SSSR count). The Balaban J connectivity index is 0.00000117. The lowest BCUT2D eigenvalue weighted by atomic mass is 9.97. The average molecular weight is 408 g/mol. The van der Waals surface area contributed by atoms with Gasteiger partial charge in [-0.15, -0.1) is 0 Å². The molecule has 0 radical (unpaired) electrons. The number of anilines is 1. The molecule has 3 atom stereocenters. The third-order valence-corrected chi connectivity index (χ3v) is 5.70. The SMILES string of the molecule is CC.CC(C)C(=O)N1C[C@H](Nc2ncnc3[nH]cc([C@H]4CC4(F)F)c23)CC[C@@H]1C. The first-order valence-electron chi connectivity index (χ1n) is 10.5. The molecule has 1 saturated carbocycles. The second kappa shape index (κ2) is 8.24. The van der Waals surface area contributed by atoms with Crippen molar-refractivity contribution in [3.63, 3.8) is 0 Å². The predicted molar refractivity (Wildman–Crippen MR) is 110 cm³/mol. The molecule has 3 heterocycles. The maximum Gasteiger partial charge on any atom is 0.256 e. The Labute approximate surface area is 170 Å². The number of nitrogens with one attached hydrogen (secondary N) is 2. The first kappa shape index (κ1) is 21.5. The first-order valence-corrected chi connectivity index (χ1v) is 10.5. The zero-order valence-corrected chi connectivity index (χ0v) is 17.8. The molecule has 2 aromatic rings. The summed E-state index contributed by atoms with van der Waals surface area (Å²) in [4.78, 5) is 25.9. The van der Waals surface area contributed by atoms with E-state index in [1.54, 1.807) is 6.20 Å². The van der Waals surface area contributed by atoms with E-state index in [0.717, 1.165) is 12.8 Å². The van der Waals surface area contributed by atoms with Crippen LogP contribution in [0, 0.1) is 5.92 Å². The van der Waals surface area contributed by atoms with E-state index in [1.807, 2.05) is 32.6 Å². The lowest BCUT2D eigenvalue weighted by Crippen LogP contribution is -2.51. The Kier molecular flexibility index (Phi) is 6.10. The van der Waals surface area contributed by atoms with Gasteiger partial charge in [-0.25, -0.2) is 18.7 Å². The molecule has 1 saturated heterocycles. The van der Waals surface area contributed by atoms with Crippen LogP contribution in [0.15, 0.2) is 12.5 Å². The van der Waals surface area contributed by atoms with Gasteiger partial charge < -0.3 is 15.2 Å². The van der Waals surface area contributed by atoms with Crippen LogP contribution in [0.4, 0.5) is 14.6 Å². The van der Waals surface area contributed by atoms with Crippen molar-refractivity contribution in [2.24, 2.45) is 5.92 Å². The topological polar surface area (TPSA) is 73.9 Å². The fraction of sp³-hybridized carbons (Fsp3) is 0.667. The number of nitrogens with zero attached hydrogens (tertiary/aromatic N) is 3. The average Bonchev–Trinajstić information content (AvgIpc) is 3.13. The number of hydrogen-bond donors (Lipinski definition) is 2. The molecule has 1 aliphatic carbocycles. The molecule has 160 valence electrons. The van der Waals surface area contributed by atoms with E-state index in [-0.39, 0.29) is 30.3 Å². The number of hydrogen-bond acceptors (Lipinski definition) is 4. The molecule has 0 spiro atoms. The van der Waals surface area contributed by atoms with Crippen LogP contribution in [0.5, 0.6) is 0 Å². The van der Waals surface area contributed by atoms with Crippen LogP contribution in [0.1, 0.15) is 65.4 Å². The highest BCUT2D eigenvalue weighted by Gasteiger charge is 2.58. The smallest absolute Gasteiger partial charge is 0.256 e. The monoisotopic (exact) mass is 407 g/mol. The quantitative estimate of drug-likeness (QED) is 0.780. The molecular weight excluding hydrogens is 376 g/mol. The maximum atomic E-state index is 13.6. The number of amides is 1. The largest absolute Gasteiger partial charge is 0.365 e. The standard InChI is InChI=1S/C19H25F2N5O.C2H6/c1-10(2)18(27)26-8-12(5-4-11(26)3)25-17-15-13(14-6-19(14,20)21)7-22-16(15)23-9-24-17;1-2/h7,9-12,14H,4-6,8H2,1-3H3,(H2,22,23,24,25);1-2H3/t11-,12+,14+;/m0./s1. The van der Waals surface area contributed by atoms with Crippen molar-refractivity contribution in [1.29, 1.82) is 0 Å². The van der Waals surface area contributed by atoms with Gasteiger partial charge in [0.2, 0.25) is 5.91 Å². The van der Waals surface area contributed by atoms with E-state index in [1.165, 1.54) is 6.33 Å². The molecule has 0 aromatic carbocycles. The van der Waals surface area contributed by atoms with Gasteiger partial charge in [-0.05, 0) is 25.3 Å². The lowest BCUT2D eigenvalue weighted by Gasteiger charge is -2.39. The summed E-state index contributed by atoms with van der Waals surface area (Å²) in [7, 11) is 0. The van der Waals surface area contributed by atoms with Gasteiger partial charge in [0.15, 0.2) is 0 Å². The predicted octanol–water partition coefficient (Wildman–Crippen LogP) is 4.55. The molecular formula is C21H31F2N5O. The number of alkyl halides is 2. The van der Waals surface area contributed by atoms with E-state index in [9.17, 15) is 13.6 Å². The number of aromatic nitrogens is 3. The number of piperidine rings is 1. The number of H-pyrrole nitrogens is 1. The number of carbonyl (C=O) groups excluding carboxylic acids is 1. The normalized spacial score (nSPS) is 25.5. The second-order valence-electron chi connectivity index (χ2n) is 8.12. The number of likely N-dealkylation sites (tertiary alicyclic amines) is 1. The van der Waals surface area contributed by atoms with Gasteiger partial charge in [0.25, 0.3) is 5.92 Å². The molecule has 6 nitrogen and oxygen atoms in total. The summed E-state index contributed by atoms with van der Waals surface area (Å²) in [6, 6.07) is 0.237. The molecule has 1 aliphatic heterocycles. The fourth-order valence-electron chi connectivity index (χ4n) is 3.98.